The van der Waals surface area contributed by atoms with Crippen molar-refractivity contribution >= 4 is 5.69 Å². The maximum absolute atomic E-state index is 5.93. The largest absolute Gasteiger partial charge is 0.491 e. The molecule has 0 aromatic heterocycles. The van der Waals surface area contributed by atoms with E-state index in [4.69, 9.17) is 14.2 Å². The minimum absolute atomic E-state index is 0.0783. The van der Waals surface area contributed by atoms with Crippen LogP contribution in [0.15, 0.2) is 48.5 Å². The van der Waals surface area contributed by atoms with Gasteiger partial charge in [-0.05, 0) is 62.2 Å². The van der Waals surface area contributed by atoms with Gasteiger partial charge < -0.3 is 19.5 Å². The third-order valence-corrected chi connectivity index (χ3v) is 3.82. The average Bonchev–Trinajstić information content (AvgIpc) is 2.65. The van der Waals surface area contributed by atoms with Gasteiger partial charge in [-0.25, -0.2) is 0 Å². The third kappa shape index (κ3) is 7.06. The van der Waals surface area contributed by atoms with Crippen LogP contribution in [0.5, 0.6) is 11.5 Å². The molecular weight excluding hydrogens is 314 g/mol. The molecule has 2 aromatic carbocycles. The second kappa shape index (κ2) is 10.6. The van der Waals surface area contributed by atoms with Gasteiger partial charge in [-0.1, -0.05) is 19.1 Å². The molecule has 0 bridgehead atoms. The normalized spacial score (nSPS) is 11.8. The molecule has 4 nitrogen and oxygen atoms in total. The van der Waals surface area contributed by atoms with Crippen LogP contribution < -0.4 is 14.8 Å². The molecule has 4 heteroatoms. The monoisotopic (exact) mass is 343 g/mol. The number of hydrogen-bond acceptors (Lipinski definition) is 4. The first-order chi connectivity index (χ1) is 12.2. The van der Waals surface area contributed by atoms with Crippen LogP contribution in [0.2, 0.25) is 0 Å². The molecule has 2 aromatic rings. The Morgan fingerprint density at radius 3 is 2.20 bits per heavy atom. The fourth-order valence-corrected chi connectivity index (χ4v) is 2.37. The summed E-state index contributed by atoms with van der Waals surface area (Å²) in [6.45, 7) is 8.83. The Kier molecular flexibility index (Phi) is 8.13. The average molecular weight is 343 g/mol. The lowest BCUT2D eigenvalue weighted by molar-refractivity contribution is 0.110. The zero-order valence-corrected chi connectivity index (χ0v) is 15.5. The lowest BCUT2D eigenvalue weighted by atomic mass is 10.2. The summed E-state index contributed by atoms with van der Waals surface area (Å²) in [4.78, 5) is 0. The van der Waals surface area contributed by atoms with Crippen molar-refractivity contribution in [3.05, 3.63) is 54.1 Å². The summed E-state index contributed by atoms with van der Waals surface area (Å²) in [5.41, 5.74) is 2.37. The molecule has 0 aliphatic carbocycles. The SMILES string of the molecule is CCOCCOc1ccc(NCC(C)Oc2ccc(CC)cc2)cc1. The van der Waals surface area contributed by atoms with E-state index in [2.05, 4.69) is 31.3 Å². The number of hydrogen-bond donors (Lipinski definition) is 1. The van der Waals surface area contributed by atoms with Crippen molar-refractivity contribution in [2.24, 2.45) is 0 Å². The van der Waals surface area contributed by atoms with Crippen molar-refractivity contribution < 1.29 is 14.2 Å². The van der Waals surface area contributed by atoms with Crippen molar-refractivity contribution in [1.82, 2.24) is 0 Å². The number of anilines is 1. The molecule has 136 valence electrons. The Morgan fingerprint density at radius 2 is 1.56 bits per heavy atom. The molecule has 0 spiro atoms. The van der Waals surface area contributed by atoms with Crippen LogP contribution in [0.3, 0.4) is 0 Å². The van der Waals surface area contributed by atoms with Crippen molar-refractivity contribution in [3.63, 3.8) is 0 Å². The van der Waals surface area contributed by atoms with Gasteiger partial charge in [0.1, 0.15) is 24.2 Å². The van der Waals surface area contributed by atoms with Gasteiger partial charge in [-0.3, -0.25) is 0 Å². The first-order valence-corrected chi connectivity index (χ1v) is 9.01. The number of benzene rings is 2. The van der Waals surface area contributed by atoms with Crippen LogP contribution >= 0.6 is 0 Å². The maximum Gasteiger partial charge on any atom is 0.119 e. The van der Waals surface area contributed by atoms with E-state index < -0.39 is 0 Å². The van der Waals surface area contributed by atoms with Gasteiger partial charge >= 0.3 is 0 Å². The van der Waals surface area contributed by atoms with E-state index >= 15 is 0 Å². The molecular formula is C21H29NO3. The van der Waals surface area contributed by atoms with Crippen LogP contribution in [0, 0.1) is 0 Å². The molecule has 1 N–H and O–H groups in total. The van der Waals surface area contributed by atoms with Gasteiger partial charge in [-0.15, -0.1) is 0 Å². The molecule has 0 aliphatic rings. The fraction of sp³-hybridized carbons (Fsp3) is 0.429. The second-order valence-corrected chi connectivity index (χ2v) is 5.88. The Hall–Kier alpha value is -2.20. The Balaban J connectivity index is 1.72. The first kappa shape index (κ1) is 19.1. The molecule has 1 unspecified atom stereocenters. The number of aryl methyl sites for hydroxylation is 1. The number of nitrogens with one attached hydrogen (secondary N) is 1. The van der Waals surface area contributed by atoms with Gasteiger partial charge in [0.15, 0.2) is 0 Å². The Morgan fingerprint density at radius 1 is 0.880 bits per heavy atom. The van der Waals surface area contributed by atoms with Crippen LogP contribution in [0.1, 0.15) is 26.3 Å². The third-order valence-electron chi connectivity index (χ3n) is 3.82. The molecule has 25 heavy (non-hydrogen) atoms. The van der Waals surface area contributed by atoms with E-state index in [1.54, 1.807) is 0 Å². The quantitative estimate of drug-likeness (QED) is 0.608. The number of ether oxygens (including phenoxy) is 3. The van der Waals surface area contributed by atoms with Crippen molar-refractivity contribution in [1.29, 1.82) is 0 Å². The zero-order chi connectivity index (χ0) is 17.9. The van der Waals surface area contributed by atoms with E-state index in [1.807, 2.05) is 43.3 Å². The topological polar surface area (TPSA) is 39.7 Å². The summed E-state index contributed by atoms with van der Waals surface area (Å²) in [5.74, 6) is 1.76. The minimum Gasteiger partial charge on any atom is -0.491 e. The highest BCUT2D eigenvalue weighted by atomic mass is 16.5. The zero-order valence-electron chi connectivity index (χ0n) is 15.5. The minimum atomic E-state index is 0.0783. The van der Waals surface area contributed by atoms with E-state index in [0.29, 0.717) is 13.2 Å². The van der Waals surface area contributed by atoms with Crippen molar-refractivity contribution in [2.75, 3.05) is 31.7 Å². The lowest BCUT2D eigenvalue weighted by Gasteiger charge is -2.16. The summed E-state index contributed by atoms with van der Waals surface area (Å²) < 4.78 is 16.8. The van der Waals surface area contributed by atoms with Crippen LogP contribution in [0.25, 0.3) is 0 Å². The van der Waals surface area contributed by atoms with Gasteiger partial charge in [-0.2, -0.15) is 0 Å². The van der Waals surface area contributed by atoms with Crippen LogP contribution in [-0.2, 0) is 11.2 Å². The molecule has 0 amide bonds. The lowest BCUT2D eigenvalue weighted by Crippen LogP contribution is -2.22. The Bertz CT molecular complexity index is 596. The standard InChI is InChI=1S/C21H29NO3/c1-4-18-6-10-21(11-7-18)25-17(3)16-22-19-8-12-20(13-9-19)24-15-14-23-5-2/h6-13,17,22H,4-5,14-16H2,1-3H3. The van der Waals surface area contributed by atoms with Gasteiger partial charge in [0.25, 0.3) is 0 Å². The summed E-state index contributed by atoms with van der Waals surface area (Å²) in [5, 5.41) is 3.39. The smallest absolute Gasteiger partial charge is 0.119 e. The van der Waals surface area contributed by atoms with Crippen LogP contribution in [0.4, 0.5) is 5.69 Å². The maximum atomic E-state index is 5.93. The molecule has 0 heterocycles. The number of rotatable bonds is 11. The molecule has 0 aliphatic heterocycles. The predicted octanol–water partition coefficient (Wildman–Crippen LogP) is 4.54. The second-order valence-electron chi connectivity index (χ2n) is 5.88. The highest BCUT2D eigenvalue weighted by Gasteiger charge is 2.04. The molecule has 2 rings (SSSR count). The van der Waals surface area contributed by atoms with Gasteiger partial charge in [0, 0.05) is 12.3 Å². The summed E-state index contributed by atoms with van der Waals surface area (Å²) in [7, 11) is 0. The first-order valence-electron chi connectivity index (χ1n) is 9.01. The summed E-state index contributed by atoms with van der Waals surface area (Å²) >= 11 is 0. The highest BCUT2D eigenvalue weighted by molar-refractivity contribution is 5.46. The van der Waals surface area contributed by atoms with Crippen LogP contribution in [-0.4, -0.2) is 32.5 Å². The van der Waals surface area contributed by atoms with Gasteiger partial charge in [0.2, 0.25) is 0 Å². The highest BCUT2D eigenvalue weighted by Crippen LogP contribution is 2.17. The van der Waals surface area contributed by atoms with Gasteiger partial charge in [0.05, 0.1) is 13.2 Å². The molecule has 1 atom stereocenters. The van der Waals surface area contributed by atoms with E-state index in [9.17, 15) is 0 Å². The van der Waals surface area contributed by atoms with E-state index in [-0.39, 0.29) is 6.10 Å². The summed E-state index contributed by atoms with van der Waals surface area (Å²) in [6.07, 6.45) is 1.12. The molecule has 0 saturated carbocycles. The van der Waals surface area contributed by atoms with Crippen molar-refractivity contribution in [2.45, 2.75) is 33.3 Å². The summed E-state index contributed by atoms with van der Waals surface area (Å²) in [6, 6.07) is 16.2. The molecule has 0 radical (unpaired) electrons. The van der Waals surface area contributed by atoms with E-state index in [1.165, 1.54) is 5.56 Å². The molecule has 0 saturated heterocycles. The van der Waals surface area contributed by atoms with Crippen molar-refractivity contribution in [3.8, 4) is 11.5 Å². The fourth-order valence-electron chi connectivity index (χ4n) is 2.37. The predicted molar refractivity (Wildman–Crippen MR) is 103 cm³/mol. The molecule has 0 fully saturated rings. The Labute approximate surface area is 151 Å². The van der Waals surface area contributed by atoms with E-state index in [0.717, 1.165) is 36.8 Å².